The molecule has 1 rings (SSSR count). The van der Waals surface area contributed by atoms with Crippen molar-refractivity contribution in [2.75, 3.05) is 11.1 Å². The van der Waals surface area contributed by atoms with Crippen LogP contribution < -0.4 is 11.1 Å². The van der Waals surface area contributed by atoms with Crippen molar-refractivity contribution in [3.63, 3.8) is 0 Å². The molecule has 31 heavy (non-hydrogen) atoms. The predicted octanol–water partition coefficient (Wildman–Crippen LogP) is 3.70. The summed E-state index contributed by atoms with van der Waals surface area (Å²) in [6, 6.07) is 0. The Hall–Kier alpha value is -2.64. The number of nitrogen functional groups attached to an aromatic ring is 1. The standard InChI is InChI=1S/C10H4F15N5O/c11-4(12,1(31)27-3-28-2(26)29-30-3)5(13,14)6(15,16)7(17,18)8(19,20)9(21,22)10(23,24)25/h(H4,26,27,28,29,30,31). The van der Waals surface area contributed by atoms with E-state index in [9.17, 15) is 70.7 Å². The summed E-state index contributed by atoms with van der Waals surface area (Å²) in [5.74, 6) is -54.4. The second-order valence-electron chi connectivity index (χ2n) is 5.44. The molecule has 0 saturated heterocycles. The molecule has 0 aliphatic rings. The SMILES string of the molecule is Nc1nc(NC(=O)C(F)(F)C(F)(F)C(F)(F)C(F)(F)C(F)(F)C(F)(F)C(F)(F)F)n[nH]1. The van der Waals surface area contributed by atoms with Crippen LogP contribution in [0.4, 0.5) is 77.8 Å². The molecule has 180 valence electrons. The largest absolute Gasteiger partial charge is 0.460 e. The quantitative estimate of drug-likeness (QED) is 0.503. The molecule has 4 N–H and O–H groups in total. The van der Waals surface area contributed by atoms with Crippen molar-refractivity contribution in [1.82, 2.24) is 15.2 Å². The number of amides is 1. The van der Waals surface area contributed by atoms with Crippen LogP contribution in [0.5, 0.6) is 0 Å². The zero-order chi connectivity index (χ0) is 25.1. The van der Waals surface area contributed by atoms with E-state index in [1.54, 1.807) is 5.10 Å². The Morgan fingerprint density at radius 2 is 1.10 bits per heavy atom. The first-order valence-corrected chi connectivity index (χ1v) is 6.72. The number of nitrogens with two attached hydrogens (primary N) is 1. The van der Waals surface area contributed by atoms with Crippen molar-refractivity contribution in [3.8, 4) is 0 Å². The summed E-state index contributed by atoms with van der Waals surface area (Å²) in [6.45, 7) is 0. The zero-order valence-electron chi connectivity index (χ0n) is 13.5. The fourth-order valence-electron chi connectivity index (χ4n) is 1.62. The highest BCUT2D eigenvalue weighted by atomic mass is 19.4. The monoisotopic (exact) mass is 495 g/mol. The Bertz CT molecular complexity index is 828. The van der Waals surface area contributed by atoms with Crippen LogP contribution >= 0.6 is 0 Å². The number of hydrogen-bond acceptors (Lipinski definition) is 4. The summed E-state index contributed by atoms with van der Waals surface area (Å²) in [7, 11) is 0. The number of hydrogen-bond donors (Lipinski definition) is 3. The van der Waals surface area contributed by atoms with Crippen molar-refractivity contribution in [2.24, 2.45) is 0 Å². The van der Waals surface area contributed by atoms with E-state index in [1.807, 2.05) is 0 Å². The zero-order valence-corrected chi connectivity index (χ0v) is 13.5. The second kappa shape index (κ2) is 6.93. The third-order valence-corrected chi connectivity index (χ3v) is 3.34. The van der Waals surface area contributed by atoms with Crippen molar-refractivity contribution >= 4 is 17.8 Å². The van der Waals surface area contributed by atoms with Crippen LogP contribution in [0.2, 0.25) is 0 Å². The Kier molecular flexibility index (Phi) is 5.90. The van der Waals surface area contributed by atoms with Gasteiger partial charge in [-0.15, -0.1) is 5.10 Å². The Morgan fingerprint density at radius 3 is 1.45 bits per heavy atom. The third-order valence-electron chi connectivity index (χ3n) is 3.34. The molecule has 0 spiro atoms. The molecule has 21 heteroatoms. The number of halogens is 15. The van der Waals surface area contributed by atoms with Gasteiger partial charge in [0.05, 0.1) is 0 Å². The molecule has 0 aromatic carbocycles. The predicted molar refractivity (Wildman–Crippen MR) is 65.2 cm³/mol. The van der Waals surface area contributed by atoms with Crippen LogP contribution in [-0.4, -0.2) is 62.8 Å². The van der Waals surface area contributed by atoms with Crippen LogP contribution in [0, 0.1) is 0 Å². The maximum Gasteiger partial charge on any atom is 0.460 e. The van der Waals surface area contributed by atoms with Crippen LogP contribution in [0.3, 0.4) is 0 Å². The minimum absolute atomic E-state index is 0.530. The van der Waals surface area contributed by atoms with Gasteiger partial charge < -0.3 is 5.73 Å². The molecule has 1 heterocycles. The van der Waals surface area contributed by atoms with Gasteiger partial charge in [0.15, 0.2) is 0 Å². The maximum atomic E-state index is 13.5. The van der Waals surface area contributed by atoms with Crippen LogP contribution in [0.25, 0.3) is 0 Å². The molecule has 1 amide bonds. The second-order valence-corrected chi connectivity index (χ2v) is 5.44. The number of nitrogens with zero attached hydrogens (tertiary/aromatic N) is 2. The van der Waals surface area contributed by atoms with Gasteiger partial charge in [-0.2, -0.15) is 70.8 Å². The van der Waals surface area contributed by atoms with Gasteiger partial charge >= 0.3 is 47.6 Å². The smallest absolute Gasteiger partial charge is 0.368 e. The number of aromatic nitrogens is 3. The summed E-state index contributed by atoms with van der Waals surface area (Å²) < 4.78 is 194. The summed E-state index contributed by atoms with van der Waals surface area (Å²) in [5, 5.41) is 4.82. The van der Waals surface area contributed by atoms with E-state index in [0.717, 1.165) is 0 Å². The molecule has 0 unspecified atom stereocenters. The van der Waals surface area contributed by atoms with Gasteiger partial charge in [-0.05, 0) is 0 Å². The lowest BCUT2D eigenvalue weighted by Crippen LogP contribution is -2.73. The first-order chi connectivity index (χ1) is 13.4. The van der Waals surface area contributed by atoms with Crippen molar-refractivity contribution < 1.29 is 70.7 Å². The molecule has 0 bridgehead atoms. The van der Waals surface area contributed by atoms with Gasteiger partial charge in [0.25, 0.3) is 5.95 Å². The molecule has 0 atom stereocenters. The molecule has 0 saturated carbocycles. The molecular formula is C10H4F15N5O. The normalized spacial score (nSPS) is 15.2. The summed E-state index contributed by atoms with van der Waals surface area (Å²) in [6.07, 6.45) is -7.71. The van der Waals surface area contributed by atoms with E-state index in [1.165, 1.54) is 0 Å². The molecule has 1 aromatic rings. The Labute approximate surface area is 158 Å². The number of nitrogens with one attached hydrogen (secondary N) is 2. The molecule has 1 aromatic heterocycles. The van der Waals surface area contributed by atoms with Gasteiger partial charge in [-0.25, -0.2) is 5.10 Å². The fraction of sp³-hybridized carbons (Fsp3) is 0.700. The van der Waals surface area contributed by atoms with Gasteiger partial charge in [0.2, 0.25) is 5.95 Å². The summed E-state index contributed by atoms with van der Waals surface area (Å²) >= 11 is 0. The number of anilines is 2. The molecule has 0 radical (unpaired) electrons. The van der Waals surface area contributed by atoms with E-state index in [0.29, 0.717) is 5.32 Å². The highest BCUT2D eigenvalue weighted by Gasteiger charge is 2.94. The van der Waals surface area contributed by atoms with Crippen LogP contribution in [0.15, 0.2) is 0 Å². The van der Waals surface area contributed by atoms with Gasteiger partial charge in [-0.3, -0.25) is 10.1 Å². The van der Waals surface area contributed by atoms with E-state index in [-0.39, 0.29) is 0 Å². The minimum Gasteiger partial charge on any atom is -0.368 e. The van der Waals surface area contributed by atoms with Crippen molar-refractivity contribution in [2.45, 2.75) is 41.7 Å². The first kappa shape index (κ1) is 26.4. The lowest BCUT2D eigenvalue weighted by molar-refractivity contribution is -0.449. The first-order valence-electron chi connectivity index (χ1n) is 6.72. The maximum absolute atomic E-state index is 13.5. The van der Waals surface area contributed by atoms with E-state index in [2.05, 4.69) is 10.1 Å². The number of alkyl halides is 15. The molecule has 6 nitrogen and oxygen atoms in total. The highest BCUT2D eigenvalue weighted by molar-refractivity contribution is 5.95. The summed E-state index contributed by atoms with van der Waals surface area (Å²) in [5.41, 5.74) is 4.82. The summed E-state index contributed by atoms with van der Waals surface area (Å²) in [4.78, 5) is 13.9. The topological polar surface area (TPSA) is 96.7 Å². The molecule has 0 aliphatic carbocycles. The number of aromatic amines is 1. The average molecular weight is 495 g/mol. The molecule has 0 fully saturated rings. The number of rotatable bonds is 7. The van der Waals surface area contributed by atoms with Crippen molar-refractivity contribution in [1.29, 1.82) is 0 Å². The van der Waals surface area contributed by atoms with Crippen molar-refractivity contribution in [3.05, 3.63) is 0 Å². The lowest BCUT2D eigenvalue weighted by atomic mass is 9.91. The van der Waals surface area contributed by atoms with Crippen LogP contribution in [0.1, 0.15) is 0 Å². The number of carbonyl (C=O) groups is 1. The van der Waals surface area contributed by atoms with Gasteiger partial charge in [0.1, 0.15) is 0 Å². The number of H-pyrrole nitrogens is 1. The number of carbonyl (C=O) groups excluding carboxylic acids is 1. The van der Waals surface area contributed by atoms with E-state index >= 15 is 0 Å². The van der Waals surface area contributed by atoms with E-state index in [4.69, 9.17) is 5.73 Å². The fourth-order valence-corrected chi connectivity index (χ4v) is 1.62. The molecule has 0 aliphatic heterocycles. The van der Waals surface area contributed by atoms with Gasteiger partial charge in [0, 0.05) is 0 Å². The Morgan fingerprint density at radius 1 is 0.710 bits per heavy atom. The average Bonchev–Trinajstić information content (AvgIpc) is 2.97. The highest BCUT2D eigenvalue weighted by Crippen LogP contribution is 2.62. The third kappa shape index (κ3) is 3.55. The van der Waals surface area contributed by atoms with Gasteiger partial charge in [-0.1, -0.05) is 0 Å². The minimum atomic E-state index is -8.48. The molecular weight excluding hydrogens is 491 g/mol. The lowest BCUT2D eigenvalue weighted by Gasteiger charge is -2.41. The Balaban J connectivity index is 3.48. The van der Waals surface area contributed by atoms with Crippen LogP contribution in [-0.2, 0) is 4.79 Å². The van der Waals surface area contributed by atoms with E-state index < -0.39 is 59.5 Å².